The van der Waals surface area contributed by atoms with Gasteiger partial charge >= 0.3 is 5.97 Å². The SMILES string of the molecule is C[C@@H](N)CC(=O)O.[Ca]. The molecule has 0 aromatic rings. The number of rotatable bonds is 2. The predicted octanol–water partition coefficient (Wildman–Crippen LogP) is -0.573. The molecular weight excluding hydrogens is 134 g/mol. The number of carboxylic acid groups (broad SMARTS) is 1. The Labute approximate surface area is 78.2 Å². The van der Waals surface area contributed by atoms with E-state index in [0.29, 0.717) is 0 Å². The number of hydrogen-bond acceptors (Lipinski definition) is 2. The average Bonchev–Trinajstić information content (AvgIpc) is 1.27. The Morgan fingerprint density at radius 2 is 2.25 bits per heavy atom. The Kier molecular flexibility index (Phi) is 8.35. The van der Waals surface area contributed by atoms with Crippen LogP contribution < -0.4 is 5.73 Å². The van der Waals surface area contributed by atoms with Gasteiger partial charge in [0.1, 0.15) is 0 Å². The summed E-state index contributed by atoms with van der Waals surface area (Å²) in [5, 5.41) is 8.00. The second-order valence-electron chi connectivity index (χ2n) is 1.58. The summed E-state index contributed by atoms with van der Waals surface area (Å²) in [4.78, 5) is 9.73. The fourth-order valence-corrected chi connectivity index (χ4v) is 0.275. The van der Waals surface area contributed by atoms with Crippen molar-refractivity contribution in [1.82, 2.24) is 0 Å². The first-order chi connectivity index (χ1) is 3.13. The number of carbonyl (C=O) groups is 1. The quantitative estimate of drug-likeness (QED) is 0.509. The van der Waals surface area contributed by atoms with E-state index >= 15 is 0 Å². The van der Waals surface area contributed by atoms with E-state index < -0.39 is 5.97 Å². The summed E-state index contributed by atoms with van der Waals surface area (Å²) in [5.74, 6) is -0.838. The summed E-state index contributed by atoms with van der Waals surface area (Å²) in [7, 11) is 0. The van der Waals surface area contributed by atoms with Gasteiger partial charge in [-0.05, 0) is 6.92 Å². The Morgan fingerprint density at radius 1 is 1.88 bits per heavy atom. The van der Waals surface area contributed by atoms with Gasteiger partial charge in [0.25, 0.3) is 0 Å². The first-order valence-electron chi connectivity index (χ1n) is 2.10. The summed E-state index contributed by atoms with van der Waals surface area (Å²) < 4.78 is 0. The zero-order valence-electron chi connectivity index (χ0n) is 4.92. The van der Waals surface area contributed by atoms with E-state index in [2.05, 4.69) is 0 Å². The fraction of sp³-hybridized carbons (Fsp3) is 0.750. The second-order valence-corrected chi connectivity index (χ2v) is 1.58. The molecule has 0 aromatic carbocycles. The third kappa shape index (κ3) is 9.85. The largest absolute Gasteiger partial charge is 0.481 e. The molecule has 1 atom stereocenters. The van der Waals surface area contributed by atoms with Crippen LogP contribution in [0.1, 0.15) is 13.3 Å². The van der Waals surface area contributed by atoms with Gasteiger partial charge in [0.05, 0.1) is 6.42 Å². The van der Waals surface area contributed by atoms with Crippen molar-refractivity contribution in [3.63, 3.8) is 0 Å². The molecule has 3 N–H and O–H groups in total. The van der Waals surface area contributed by atoms with Gasteiger partial charge in [-0.2, -0.15) is 0 Å². The van der Waals surface area contributed by atoms with Crippen LogP contribution >= 0.6 is 0 Å². The molecule has 0 rings (SSSR count). The standard InChI is InChI=1S/C4H9NO2.Ca/c1-3(5)2-4(6)7;/h3H,2,5H2,1H3,(H,6,7);/t3-;/m1./s1. The molecule has 0 unspecified atom stereocenters. The van der Waals surface area contributed by atoms with Crippen molar-refractivity contribution in [2.24, 2.45) is 5.73 Å². The van der Waals surface area contributed by atoms with Crippen molar-refractivity contribution in [3.8, 4) is 0 Å². The molecule has 0 aliphatic carbocycles. The molecule has 0 saturated carbocycles. The van der Waals surface area contributed by atoms with E-state index in [1.54, 1.807) is 6.92 Å². The molecule has 0 heterocycles. The van der Waals surface area contributed by atoms with Crippen molar-refractivity contribution in [2.75, 3.05) is 0 Å². The first-order valence-corrected chi connectivity index (χ1v) is 2.10. The van der Waals surface area contributed by atoms with Gasteiger partial charge in [0.2, 0.25) is 0 Å². The minimum Gasteiger partial charge on any atom is -0.481 e. The number of nitrogens with two attached hydrogens (primary N) is 1. The molecule has 0 aliphatic rings. The van der Waals surface area contributed by atoms with Crippen LogP contribution in [-0.4, -0.2) is 54.9 Å². The summed E-state index contributed by atoms with van der Waals surface area (Å²) in [6.45, 7) is 1.66. The van der Waals surface area contributed by atoms with Crippen LogP contribution in [0.3, 0.4) is 0 Å². The van der Waals surface area contributed by atoms with Crippen molar-refractivity contribution in [1.29, 1.82) is 0 Å². The molecular formula is C4H9CaNO2. The smallest absolute Gasteiger partial charge is 0.304 e. The van der Waals surface area contributed by atoms with Crippen LogP contribution in [0.25, 0.3) is 0 Å². The van der Waals surface area contributed by atoms with Gasteiger partial charge in [-0.3, -0.25) is 4.79 Å². The molecule has 0 bridgehead atoms. The molecule has 0 aliphatic heterocycles. The van der Waals surface area contributed by atoms with Gasteiger partial charge in [-0.15, -0.1) is 0 Å². The van der Waals surface area contributed by atoms with E-state index in [0.717, 1.165) is 0 Å². The summed E-state index contributed by atoms with van der Waals surface area (Å²) in [6.07, 6.45) is 0.0556. The molecule has 3 nitrogen and oxygen atoms in total. The van der Waals surface area contributed by atoms with E-state index in [1.807, 2.05) is 0 Å². The fourth-order valence-electron chi connectivity index (χ4n) is 0.275. The van der Waals surface area contributed by atoms with E-state index in [1.165, 1.54) is 0 Å². The van der Waals surface area contributed by atoms with Gasteiger partial charge in [0.15, 0.2) is 0 Å². The van der Waals surface area contributed by atoms with Crippen LogP contribution in [0, 0.1) is 0 Å². The number of carboxylic acids is 1. The molecule has 44 valence electrons. The van der Waals surface area contributed by atoms with Crippen molar-refractivity contribution in [3.05, 3.63) is 0 Å². The van der Waals surface area contributed by atoms with Crippen LogP contribution in [0.5, 0.6) is 0 Å². The topological polar surface area (TPSA) is 63.3 Å². The molecule has 0 saturated heterocycles. The first kappa shape index (κ1) is 11.5. The summed E-state index contributed by atoms with van der Waals surface area (Å²) in [6, 6.07) is -0.225. The molecule has 4 heteroatoms. The maximum absolute atomic E-state index is 9.73. The Hall–Kier alpha value is 0.690. The average molecular weight is 143 g/mol. The Balaban J connectivity index is 0. The number of hydrogen-bond donors (Lipinski definition) is 2. The predicted molar refractivity (Wildman–Crippen MR) is 31.7 cm³/mol. The van der Waals surface area contributed by atoms with Crippen LogP contribution in [0.2, 0.25) is 0 Å². The van der Waals surface area contributed by atoms with Crippen molar-refractivity contribution in [2.45, 2.75) is 19.4 Å². The Morgan fingerprint density at radius 3 is 2.25 bits per heavy atom. The monoisotopic (exact) mass is 143 g/mol. The Bertz CT molecular complexity index is 74.4. The maximum Gasteiger partial charge on any atom is 0.304 e. The van der Waals surface area contributed by atoms with Crippen molar-refractivity contribution >= 4 is 43.7 Å². The molecule has 8 heavy (non-hydrogen) atoms. The minimum atomic E-state index is -0.838. The van der Waals surface area contributed by atoms with Gasteiger partial charge < -0.3 is 10.8 Å². The van der Waals surface area contributed by atoms with Crippen LogP contribution in [0.4, 0.5) is 0 Å². The van der Waals surface area contributed by atoms with Crippen LogP contribution in [0.15, 0.2) is 0 Å². The van der Waals surface area contributed by atoms with Crippen LogP contribution in [-0.2, 0) is 4.79 Å². The molecule has 0 aromatic heterocycles. The molecule has 0 fully saturated rings. The number of aliphatic carboxylic acids is 1. The third-order valence-electron chi connectivity index (χ3n) is 0.497. The normalized spacial score (nSPS) is 11.8. The van der Waals surface area contributed by atoms with Crippen molar-refractivity contribution < 1.29 is 9.90 Å². The van der Waals surface area contributed by atoms with Gasteiger partial charge in [-0.25, -0.2) is 0 Å². The molecule has 0 spiro atoms. The maximum atomic E-state index is 9.73. The van der Waals surface area contributed by atoms with Gasteiger partial charge in [0, 0.05) is 43.8 Å². The molecule has 0 amide bonds. The summed E-state index contributed by atoms with van der Waals surface area (Å²) >= 11 is 0. The second kappa shape index (κ2) is 5.82. The zero-order chi connectivity index (χ0) is 5.86. The van der Waals surface area contributed by atoms with E-state index in [4.69, 9.17) is 10.8 Å². The zero-order valence-corrected chi connectivity index (χ0v) is 7.13. The molecule has 2 radical (unpaired) electrons. The summed E-state index contributed by atoms with van der Waals surface area (Å²) in [5.41, 5.74) is 5.11. The third-order valence-corrected chi connectivity index (χ3v) is 0.497. The van der Waals surface area contributed by atoms with Gasteiger partial charge in [-0.1, -0.05) is 0 Å². The minimum absolute atomic E-state index is 0. The van der Waals surface area contributed by atoms with E-state index in [-0.39, 0.29) is 50.2 Å². The van der Waals surface area contributed by atoms with E-state index in [9.17, 15) is 4.79 Å².